The molecule has 0 radical (unpaired) electrons. The Balaban J connectivity index is 1.91. The number of hydrogen-bond acceptors (Lipinski definition) is 2. The molecule has 0 aromatic carbocycles. The molecule has 0 saturated heterocycles. The van der Waals surface area contributed by atoms with Gasteiger partial charge in [0.15, 0.2) is 0 Å². The fourth-order valence-corrected chi connectivity index (χ4v) is 2.17. The van der Waals surface area contributed by atoms with E-state index in [4.69, 9.17) is 4.74 Å². The van der Waals surface area contributed by atoms with Crippen LogP contribution in [0.5, 0.6) is 0 Å². The molecular weight excluding hydrogens is 164 g/mol. The van der Waals surface area contributed by atoms with Gasteiger partial charge in [0.05, 0.1) is 0 Å². The Labute approximate surface area is 78.3 Å². The summed E-state index contributed by atoms with van der Waals surface area (Å²) in [5, 5.41) is 0. The van der Waals surface area contributed by atoms with E-state index < -0.39 is 0 Å². The Morgan fingerprint density at radius 3 is 3.23 bits per heavy atom. The second-order valence-corrected chi connectivity index (χ2v) is 3.73. The van der Waals surface area contributed by atoms with Crippen LogP contribution < -0.4 is 0 Å². The van der Waals surface area contributed by atoms with Gasteiger partial charge in [-0.3, -0.25) is 4.79 Å². The van der Waals surface area contributed by atoms with Crippen LogP contribution in [0, 0.1) is 11.8 Å². The molecule has 0 aromatic heterocycles. The van der Waals surface area contributed by atoms with E-state index in [0.29, 0.717) is 18.4 Å². The van der Waals surface area contributed by atoms with E-state index in [1.807, 2.05) is 0 Å². The third-order valence-corrected chi connectivity index (χ3v) is 2.86. The molecule has 0 bridgehead atoms. The SMILES string of the molecule is CC(=O)OCC1=CC[C@H]2C=CC[C@@H]12. The van der Waals surface area contributed by atoms with E-state index in [-0.39, 0.29) is 5.97 Å². The van der Waals surface area contributed by atoms with E-state index in [0.717, 1.165) is 12.8 Å². The van der Waals surface area contributed by atoms with Gasteiger partial charge in [0.25, 0.3) is 0 Å². The highest BCUT2D eigenvalue weighted by molar-refractivity contribution is 5.66. The standard InChI is InChI=1S/C11H14O2/c1-8(12)13-7-10-6-5-9-3-2-4-11(9)10/h2-3,6,9,11H,4-5,7H2,1H3/t9-,11-/m1/s1. The number of esters is 1. The molecule has 0 saturated carbocycles. The zero-order valence-electron chi connectivity index (χ0n) is 7.82. The van der Waals surface area contributed by atoms with Gasteiger partial charge >= 0.3 is 5.97 Å². The lowest BCUT2D eigenvalue weighted by atomic mass is 9.94. The van der Waals surface area contributed by atoms with Gasteiger partial charge in [-0.2, -0.15) is 0 Å². The molecule has 2 aliphatic carbocycles. The summed E-state index contributed by atoms with van der Waals surface area (Å²) in [6, 6.07) is 0. The Kier molecular flexibility index (Phi) is 2.21. The first-order valence-electron chi connectivity index (χ1n) is 4.76. The van der Waals surface area contributed by atoms with Crippen molar-refractivity contribution in [2.45, 2.75) is 19.8 Å². The molecule has 2 atom stereocenters. The summed E-state index contributed by atoms with van der Waals surface area (Å²) in [5.74, 6) is 1.13. The van der Waals surface area contributed by atoms with Crippen LogP contribution in [0.15, 0.2) is 23.8 Å². The van der Waals surface area contributed by atoms with Crippen LogP contribution >= 0.6 is 0 Å². The van der Waals surface area contributed by atoms with Crippen molar-refractivity contribution < 1.29 is 9.53 Å². The van der Waals surface area contributed by atoms with Crippen LogP contribution in [0.4, 0.5) is 0 Å². The number of carbonyl (C=O) groups is 1. The van der Waals surface area contributed by atoms with Gasteiger partial charge in [-0.15, -0.1) is 0 Å². The molecule has 2 rings (SSSR count). The zero-order chi connectivity index (χ0) is 9.26. The fraction of sp³-hybridized carbons (Fsp3) is 0.545. The molecule has 2 heteroatoms. The summed E-state index contributed by atoms with van der Waals surface area (Å²) >= 11 is 0. The lowest BCUT2D eigenvalue weighted by Crippen LogP contribution is -2.10. The van der Waals surface area contributed by atoms with E-state index in [1.54, 1.807) is 0 Å². The van der Waals surface area contributed by atoms with Crippen molar-refractivity contribution in [2.24, 2.45) is 11.8 Å². The van der Waals surface area contributed by atoms with Crippen molar-refractivity contribution in [3.63, 3.8) is 0 Å². The summed E-state index contributed by atoms with van der Waals surface area (Å²) in [6.45, 7) is 1.96. The van der Waals surface area contributed by atoms with E-state index >= 15 is 0 Å². The first-order valence-corrected chi connectivity index (χ1v) is 4.76. The fourth-order valence-electron chi connectivity index (χ4n) is 2.17. The predicted octanol–water partition coefficient (Wildman–Crippen LogP) is 2.07. The minimum absolute atomic E-state index is 0.185. The Hall–Kier alpha value is -1.05. The molecule has 70 valence electrons. The number of rotatable bonds is 2. The van der Waals surface area contributed by atoms with Crippen LogP contribution in [-0.2, 0) is 9.53 Å². The molecule has 0 spiro atoms. The van der Waals surface area contributed by atoms with Crippen LogP contribution in [0.2, 0.25) is 0 Å². The summed E-state index contributed by atoms with van der Waals surface area (Å²) in [6.07, 6.45) is 8.98. The molecule has 13 heavy (non-hydrogen) atoms. The second kappa shape index (κ2) is 3.36. The summed E-state index contributed by atoms with van der Waals surface area (Å²) < 4.78 is 5.00. The van der Waals surface area contributed by atoms with Gasteiger partial charge in [-0.05, 0) is 30.3 Å². The first-order chi connectivity index (χ1) is 6.27. The van der Waals surface area contributed by atoms with Crippen molar-refractivity contribution in [3.05, 3.63) is 23.8 Å². The molecule has 0 unspecified atom stereocenters. The Morgan fingerprint density at radius 1 is 1.62 bits per heavy atom. The predicted molar refractivity (Wildman–Crippen MR) is 50.1 cm³/mol. The van der Waals surface area contributed by atoms with Crippen LogP contribution in [0.3, 0.4) is 0 Å². The quantitative estimate of drug-likeness (QED) is 0.478. The molecule has 2 aliphatic rings. The summed E-state index contributed by atoms with van der Waals surface area (Å²) in [7, 11) is 0. The van der Waals surface area contributed by atoms with Crippen molar-refractivity contribution in [1.82, 2.24) is 0 Å². The average Bonchev–Trinajstić information content (AvgIpc) is 2.60. The van der Waals surface area contributed by atoms with Crippen LogP contribution in [0.1, 0.15) is 19.8 Å². The monoisotopic (exact) mass is 178 g/mol. The average molecular weight is 178 g/mol. The largest absolute Gasteiger partial charge is 0.461 e. The molecular formula is C11H14O2. The maximum absolute atomic E-state index is 10.6. The van der Waals surface area contributed by atoms with Gasteiger partial charge in [-0.1, -0.05) is 18.2 Å². The minimum atomic E-state index is -0.185. The summed E-state index contributed by atoms with van der Waals surface area (Å²) in [4.78, 5) is 10.6. The third kappa shape index (κ3) is 1.67. The van der Waals surface area contributed by atoms with E-state index in [9.17, 15) is 4.79 Å². The van der Waals surface area contributed by atoms with Crippen molar-refractivity contribution in [2.75, 3.05) is 6.61 Å². The zero-order valence-corrected chi connectivity index (χ0v) is 7.82. The lowest BCUT2D eigenvalue weighted by molar-refractivity contribution is -0.140. The van der Waals surface area contributed by atoms with Gasteiger partial charge < -0.3 is 4.74 Å². The maximum atomic E-state index is 10.6. The highest BCUT2D eigenvalue weighted by Gasteiger charge is 2.30. The van der Waals surface area contributed by atoms with Gasteiger partial charge in [-0.25, -0.2) is 0 Å². The molecule has 0 heterocycles. The maximum Gasteiger partial charge on any atom is 0.302 e. The van der Waals surface area contributed by atoms with Crippen molar-refractivity contribution in [3.8, 4) is 0 Å². The van der Waals surface area contributed by atoms with E-state index in [2.05, 4.69) is 18.2 Å². The van der Waals surface area contributed by atoms with Gasteiger partial charge in [0.1, 0.15) is 6.61 Å². The molecule has 0 N–H and O–H groups in total. The highest BCUT2D eigenvalue weighted by Crippen LogP contribution is 2.39. The van der Waals surface area contributed by atoms with Crippen molar-refractivity contribution in [1.29, 1.82) is 0 Å². The highest BCUT2D eigenvalue weighted by atomic mass is 16.5. The van der Waals surface area contributed by atoms with Crippen molar-refractivity contribution >= 4 is 5.97 Å². The van der Waals surface area contributed by atoms with E-state index in [1.165, 1.54) is 12.5 Å². The Bertz CT molecular complexity index is 276. The molecule has 2 nitrogen and oxygen atoms in total. The number of hydrogen-bond donors (Lipinski definition) is 0. The molecule has 0 aliphatic heterocycles. The first kappa shape index (κ1) is 8.54. The number of ether oxygens (including phenoxy) is 1. The van der Waals surface area contributed by atoms with Gasteiger partial charge in [0.2, 0.25) is 0 Å². The molecule has 0 amide bonds. The second-order valence-electron chi connectivity index (χ2n) is 3.73. The topological polar surface area (TPSA) is 26.3 Å². The summed E-state index contributed by atoms with van der Waals surface area (Å²) in [5.41, 5.74) is 1.31. The third-order valence-electron chi connectivity index (χ3n) is 2.86. The minimum Gasteiger partial charge on any atom is -0.461 e. The Morgan fingerprint density at radius 2 is 2.46 bits per heavy atom. The molecule has 0 aromatic rings. The van der Waals surface area contributed by atoms with Crippen LogP contribution in [0.25, 0.3) is 0 Å². The smallest absolute Gasteiger partial charge is 0.302 e. The molecule has 0 fully saturated rings. The van der Waals surface area contributed by atoms with Gasteiger partial charge in [0, 0.05) is 6.92 Å². The van der Waals surface area contributed by atoms with Crippen LogP contribution in [-0.4, -0.2) is 12.6 Å². The number of fused-ring (bicyclic) bond motifs is 1. The lowest BCUT2D eigenvalue weighted by Gasteiger charge is -2.13. The number of allylic oxidation sites excluding steroid dienone is 3. The normalized spacial score (nSPS) is 30.1. The number of carbonyl (C=O) groups excluding carboxylic acids is 1.